The van der Waals surface area contributed by atoms with Crippen LogP contribution >= 0.6 is 0 Å². The van der Waals surface area contributed by atoms with E-state index in [1.54, 1.807) is 49.3 Å². The molecule has 13 heteroatoms. The number of phenolic OH excluding ortho intramolecular Hbond substituents is 1. The lowest BCUT2D eigenvalue weighted by atomic mass is 9.79. The monoisotopic (exact) mass is 745 g/mol. The average Bonchev–Trinajstić information content (AvgIpc) is 3.99. The van der Waals surface area contributed by atoms with Crippen LogP contribution in [0.1, 0.15) is 63.5 Å². The molecule has 3 aromatic rings. The predicted octanol–water partition coefficient (Wildman–Crippen LogP) is 6.29. The number of rotatable bonds is 13. The number of phenols is 1. The lowest BCUT2D eigenvalue weighted by Gasteiger charge is -2.41. The molecule has 0 radical (unpaired) electrons. The molecule has 290 valence electrons. The number of anilines is 2. The Morgan fingerprint density at radius 1 is 0.944 bits per heavy atom. The Hall–Kier alpha value is -5.17. The summed E-state index contributed by atoms with van der Waals surface area (Å²) >= 11 is 0. The maximum Gasteiger partial charge on any atom is 0.410 e. The Bertz CT molecular complexity index is 1820. The van der Waals surface area contributed by atoms with Gasteiger partial charge >= 0.3 is 6.09 Å². The largest absolute Gasteiger partial charge is 0.508 e. The second-order valence-corrected chi connectivity index (χ2v) is 15.0. The van der Waals surface area contributed by atoms with Crippen LogP contribution in [-0.4, -0.2) is 93.7 Å². The summed E-state index contributed by atoms with van der Waals surface area (Å²) in [5.41, 5.74) is 2.08. The van der Waals surface area contributed by atoms with Crippen molar-refractivity contribution >= 4 is 29.3 Å². The van der Waals surface area contributed by atoms with Crippen LogP contribution in [0.25, 0.3) is 0 Å². The van der Waals surface area contributed by atoms with Crippen molar-refractivity contribution in [3.63, 3.8) is 0 Å². The molecule has 0 spiro atoms. The summed E-state index contributed by atoms with van der Waals surface area (Å²) < 4.78 is 33.7. The highest BCUT2D eigenvalue weighted by Crippen LogP contribution is 2.44. The van der Waals surface area contributed by atoms with Gasteiger partial charge in [0.15, 0.2) is 6.61 Å². The van der Waals surface area contributed by atoms with Crippen molar-refractivity contribution in [2.75, 3.05) is 64.0 Å². The van der Waals surface area contributed by atoms with Gasteiger partial charge in [-0.05, 0) is 106 Å². The molecule has 6 rings (SSSR count). The number of ether oxygens (including phenoxy) is 6. The Morgan fingerprint density at radius 3 is 2.35 bits per heavy atom. The Kier molecular flexibility index (Phi) is 11.8. The SMILES string of the molecule is COCCCN1C(=O)COc2ccc(N(C(=O)C3CN(C(=O)OC(C)(C)C)CC[C@@H]3c3cc(O)cc(OCc4cc(OC)cc(OC)c4)c3)C3CC3)cc21. The van der Waals surface area contributed by atoms with Gasteiger partial charge in [0.1, 0.15) is 41.0 Å². The minimum absolute atomic E-state index is 0.00142. The lowest BCUT2D eigenvalue weighted by molar-refractivity contribution is -0.124. The highest BCUT2D eigenvalue weighted by Gasteiger charge is 2.44. The van der Waals surface area contributed by atoms with Gasteiger partial charge in [0.25, 0.3) is 5.91 Å². The van der Waals surface area contributed by atoms with E-state index in [1.807, 2.05) is 62.1 Å². The summed E-state index contributed by atoms with van der Waals surface area (Å²) in [5.74, 6) is 0.891. The van der Waals surface area contributed by atoms with E-state index in [2.05, 4.69) is 0 Å². The summed E-state index contributed by atoms with van der Waals surface area (Å²) in [6, 6.07) is 16.0. The molecule has 1 saturated heterocycles. The highest BCUT2D eigenvalue weighted by molar-refractivity contribution is 6.01. The molecule has 0 aromatic heterocycles. The third kappa shape index (κ3) is 9.12. The fraction of sp³-hybridized carbons (Fsp3) is 0.488. The number of fused-ring (bicyclic) bond motifs is 1. The fourth-order valence-electron chi connectivity index (χ4n) is 7.09. The van der Waals surface area contributed by atoms with Crippen molar-refractivity contribution in [3.05, 3.63) is 65.7 Å². The van der Waals surface area contributed by atoms with Crippen molar-refractivity contribution < 1.29 is 47.9 Å². The van der Waals surface area contributed by atoms with E-state index in [-0.39, 0.29) is 49.3 Å². The Balaban J connectivity index is 1.32. The zero-order chi connectivity index (χ0) is 38.6. The van der Waals surface area contributed by atoms with Crippen LogP contribution in [0.3, 0.4) is 0 Å². The number of methoxy groups -OCH3 is 3. The molecule has 1 unspecified atom stereocenters. The number of likely N-dealkylation sites (tertiary alicyclic amines) is 1. The molecule has 2 fully saturated rings. The van der Waals surface area contributed by atoms with Gasteiger partial charge in [-0.3, -0.25) is 9.59 Å². The van der Waals surface area contributed by atoms with E-state index >= 15 is 4.79 Å². The number of benzene rings is 3. The van der Waals surface area contributed by atoms with Crippen molar-refractivity contribution in [3.8, 4) is 28.7 Å². The smallest absolute Gasteiger partial charge is 0.410 e. The maximum atomic E-state index is 15.0. The number of hydrogen-bond donors (Lipinski definition) is 1. The number of nitrogens with zero attached hydrogens (tertiary/aromatic N) is 3. The van der Waals surface area contributed by atoms with Gasteiger partial charge in [-0.15, -0.1) is 0 Å². The predicted molar refractivity (Wildman–Crippen MR) is 202 cm³/mol. The van der Waals surface area contributed by atoms with Gasteiger partial charge in [0.2, 0.25) is 5.91 Å². The van der Waals surface area contributed by atoms with Crippen molar-refractivity contribution in [1.82, 2.24) is 4.90 Å². The van der Waals surface area contributed by atoms with Crippen LogP contribution in [0.15, 0.2) is 54.6 Å². The molecule has 2 atom stereocenters. The number of piperidine rings is 1. The summed E-state index contributed by atoms with van der Waals surface area (Å²) in [6.07, 6.45) is 2.25. The third-order valence-electron chi connectivity index (χ3n) is 9.78. The van der Waals surface area contributed by atoms with E-state index in [4.69, 9.17) is 28.4 Å². The average molecular weight is 746 g/mol. The topological polar surface area (TPSA) is 137 Å². The number of carbonyl (C=O) groups is 3. The Labute approximate surface area is 316 Å². The first-order valence-corrected chi connectivity index (χ1v) is 18.4. The van der Waals surface area contributed by atoms with Gasteiger partial charge in [-0.1, -0.05) is 0 Å². The van der Waals surface area contributed by atoms with Crippen molar-refractivity contribution in [1.29, 1.82) is 0 Å². The minimum atomic E-state index is -0.713. The molecule has 13 nitrogen and oxygen atoms in total. The van der Waals surface area contributed by atoms with Crippen molar-refractivity contribution in [2.45, 2.75) is 70.6 Å². The number of carbonyl (C=O) groups excluding carboxylic acids is 3. The number of amides is 3. The van der Waals surface area contributed by atoms with Crippen LogP contribution in [0.5, 0.6) is 28.7 Å². The molecular weight excluding hydrogens is 694 g/mol. The molecule has 2 aliphatic heterocycles. The summed E-state index contributed by atoms with van der Waals surface area (Å²) in [6.45, 7) is 6.99. The normalized spacial score (nSPS) is 18.4. The molecule has 1 aliphatic carbocycles. The third-order valence-corrected chi connectivity index (χ3v) is 9.78. The van der Waals surface area contributed by atoms with E-state index < -0.39 is 17.6 Å². The first kappa shape index (κ1) is 38.6. The fourth-order valence-corrected chi connectivity index (χ4v) is 7.09. The standard InChI is InChI=1S/C41H51N3O10/c1-41(2,3)54-40(48)42-14-12-34(27-18-30(45)21-33(19-27)52-24-26-16-31(50-5)22-32(17-26)51-6)35(23-42)39(47)44(28-8-9-28)29-10-11-37-36(20-29)43(13-7-15-49-4)38(46)25-53-37/h10-11,16-22,28,34-35,45H,7-9,12-15,23-25H2,1-6H3/t34-,35?/m1/s1. The number of aromatic hydroxyl groups is 1. The molecule has 1 N–H and O–H groups in total. The molecule has 3 aliphatic rings. The van der Waals surface area contributed by atoms with Crippen LogP contribution in [0.4, 0.5) is 16.2 Å². The number of hydrogen-bond acceptors (Lipinski definition) is 10. The second kappa shape index (κ2) is 16.5. The lowest BCUT2D eigenvalue weighted by Crippen LogP contribution is -2.51. The van der Waals surface area contributed by atoms with Crippen LogP contribution < -0.4 is 28.7 Å². The van der Waals surface area contributed by atoms with Gasteiger partial charge in [0.05, 0.1) is 25.8 Å². The molecule has 0 bridgehead atoms. The maximum absolute atomic E-state index is 15.0. The molecular formula is C41H51N3O10. The zero-order valence-electron chi connectivity index (χ0n) is 32.0. The van der Waals surface area contributed by atoms with Crippen molar-refractivity contribution in [2.24, 2.45) is 5.92 Å². The quantitative estimate of drug-likeness (QED) is 0.199. The second-order valence-electron chi connectivity index (χ2n) is 15.0. The van der Waals surface area contributed by atoms with Crippen LogP contribution in [0.2, 0.25) is 0 Å². The Morgan fingerprint density at radius 2 is 1.69 bits per heavy atom. The van der Waals surface area contributed by atoms with E-state index in [0.29, 0.717) is 66.9 Å². The highest BCUT2D eigenvalue weighted by atomic mass is 16.6. The van der Waals surface area contributed by atoms with Gasteiger partial charge in [-0.25, -0.2) is 4.79 Å². The van der Waals surface area contributed by atoms with E-state index in [1.165, 1.54) is 0 Å². The molecule has 54 heavy (non-hydrogen) atoms. The summed E-state index contributed by atoms with van der Waals surface area (Å²) in [7, 11) is 4.79. The molecule has 2 heterocycles. The van der Waals surface area contributed by atoms with E-state index in [0.717, 1.165) is 24.0 Å². The molecule has 1 saturated carbocycles. The van der Waals surface area contributed by atoms with Crippen LogP contribution in [-0.2, 0) is 25.7 Å². The van der Waals surface area contributed by atoms with Gasteiger partial charge in [-0.2, -0.15) is 0 Å². The van der Waals surface area contributed by atoms with Gasteiger partial charge in [0, 0.05) is 57.2 Å². The molecule has 3 amide bonds. The van der Waals surface area contributed by atoms with Crippen LogP contribution in [0, 0.1) is 5.92 Å². The summed E-state index contributed by atoms with van der Waals surface area (Å²) in [5, 5.41) is 10.9. The zero-order valence-corrected chi connectivity index (χ0v) is 32.0. The first-order valence-electron chi connectivity index (χ1n) is 18.4. The minimum Gasteiger partial charge on any atom is -0.508 e. The first-order chi connectivity index (χ1) is 25.9. The molecule has 3 aromatic carbocycles. The summed E-state index contributed by atoms with van der Waals surface area (Å²) in [4.78, 5) is 46.6. The van der Waals surface area contributed by atoms with Gasteiger partial charge < -0.3 is 48.2 Å². The van der Waals surface area contributed by atoms with E-state index in [9.17, 15) is 14.7 Å².